The summed E-state index contributed by atoms with van der Waals surface area (Å²) in [5.41, 5.74) is 5.12. The summed E-state index contributed by atoms with van der Waals surface area (Å²) in [5, 5.41) is 4.01. The number of ketones is 1. The van der Waals surface area contributed by atoms with E-state index in [-0.39, 0.29) is 11.8 Å². The van der Waals surface area contributed by atoms with Gasteiger partial charge in [-0.3, -0.25) is 4.79 Å². The van der Waals surface area contributed by atoms with Gasteiger partial charge in [0.1, 0.15) is 11.5 Å². The molecule has 1 unspecified atom stereocenters. The molecule has 1 heterocycles. The minimum Gasteiger partial charge on any atom is -0.457 e. The van der Waals surface area contributed by atoms with Crippen LogP contribution in [-0.2, 0) is 4.79 Å². The SMILES string of the molecule is CCCN1C(=S)NC(c2ccc(Oc3ccc(C)c(C)c3)cc2)C(C(C)=O)=C1C. The fourth-order valence-electron chi connectivity index (χ4n) is 3.62. The van der Waals surface area contributed by atoms with Gasteiger partial charge in [0, 0.05) is 17.8 Å². The Balaban J connectivity index is 1.87. The number of nitrogens with zero attached hydrogens (tertiary/aromatic N) is 1. The Hall–Kier alpha value is -2.66. The van der Waals surface area contributed by atoms with Gasteiger partial charge in [-0.2, -0.15) is 0 Å². The van der Waals surface area contributed by atoms with Crippen molar-refractivity contribution in [2.24, 2.45) is 0 Å². The van der Waals surface area contributed by atoms with E-state index in [0.717, 1.165) is 41.3 Å². The number of thiocarbonyl (C=S) groups is 1. The molecule has 3 rings (SSSR count). The van der Waals surface area contributed by atoms with E-state index in [2.05, 4.69) is 32.2 Å². The van der Waals surface area contributed by atoms with Crippen molar-refractivity contribution in [3.05, 3.63) is 70.4 Å². The summed E-state index contributed by atoms with van der Waals surface area (Å²) < 4.78 is 5.99. The molecular formula is C24H28N2O2S. The third-order valence-electron chi connectivity index (χ3n) is 5.35. The van der Waals surface area contributed by atoms with Crippen LogP contribution in [0.1, 0.15) is 49.9 Å². The maximum Gasteiger partial charge on any atom is 0.173 e. The molecule has 0 radical (unpaired) electrons. The van der Waals surface area contributed by atoms with E-state index in [4.69, 9.17) is 17.0 Å². The predicted molar refractivity (Wildman–Crippen MR) is 121 cm³/mol. The van der Waals surface area contributed by atoms with Crippen LogP contribution in [0.2, 0.25) is 0 Å². The summed E-state index contributed by atoms with van der Waals surface area (Å²) in [6, 6.07) is 13.7. The molecule has 0 bridgehead atoms. The van der Waals surface area contributed by atoms with Gasteiger partial charge in [0.15, 0.2) is 10.9 Å². The van der Waals surface area contributed by atoms with Crippen molar-refractivity contribution < 1.29 is 9.53 Å². The normalized spacial score (nSPS) is 16.7. The molecule has 4 nitrogen and oxygen atoms in total. The number of carbonyl (C=O) groups is 1. The van der Waals surface area contributed by atoms with Crippen LogP contribution in [0.25, 0.3) is 0 Å². The van der Waals surface area contributed by atoms with E-state index in [1.165, 1.54) is 11.1 Å². The zero-order chi connectivity index (χ0) is 21.1. The van der Waals surface area contributed by atoms with Crippen LogP contribution < -0.4 is 10.1 Å². The topological polar surface area (TPSA) is 41.6 Å². The molecule has 1 aliphatic heterocycles. The van der Waals surface area contributed by atoms with Gasteiger partial charge in [0.25, 0.3) is 0 Å². The summed E-state index contributed by atoms with van der Waals surface area (Å²) in [6.07, 6.45) is 0.958. The average molecular weight is 409 g/mol. The van der Waals surface area contributed by atoms with E-state index < -0.39 is 0 Å². The monoisotopic (exact) mass is 408 g/mol. The zero-order valence-corrected chi connectivity index (χ0v) is 18.5. The smallest absolute Gasteiger partial charge is 0.173 e. The van der Waals surface area contributed by atoms with Crippen molar-refractivity contribution in [2.45, 2.75) is 47.1 Å². The van der Waals surface area contributed by atoms with E-state index in [0.29, 0.717) is 5.11 Å². The highest BCUT2D eigenvalue weighted by Gasteiger charge is 2.31. The van der Waals surface area contributed by atoms with Gasteiger partial charge in [0.05, 0.1) is 6.04 Å². The maximum absolute atomic E-state index is 12.4. The number of benzene rings is 2. The van der Waals surface area contributed by atoms with Gasteiger partial charge in [-0.25, -0.2) is 0 Å². The van der Waals surface area contributed by atoms with Crippen molar-refractivity contribution in [1.82, 2.24) is 10.2 Å². The summed E-state index contributed by atoms with van der Waals surface area (Å²) in [4.78, 5) is 14.4. The number of hydrogen-bond acceptors (Lipinski definition) is 3. The molecule has 0 amide bonds. The van der Waals surface area contributed by atoms with Crippen LogP contribution in [-0.4, -0.2) is 22.3 Å². The lowest BCUT2D eigenvalue weighted by Crippen LogP contribution is -2.47. The first-order valence-corrected chi connectivity index (χ1v) is 10.4. The second-order valence-electron chi connectivity index (χ2n) is 7.51. The minimum absolute atomic E-state index is 0.0547. The largest absolute Gasteiger partial charge is 0.457 e. The first-order valence-electron chi connectivity index (χ1n) is 9.96. The van der Waals surface area contributed by atoms with Crippen LogP contribution in [0.5, 0.6) is 11.5 Å². The van der Waals surface area contributed by atoms with Gasteiger partial charge in [-0.05, 0) is 87.3 Å². The second kappa shape index (κ2) is 8.78. The van der Waals surface area contributed by atoms with Gasteiger partial charge < -0.3 is 15.0 Å². The van der Waals surface area contributed by atoms with Gasteiger partial charge in [-0.15, -0.1) is 0 Å². The highest BCUT2D eigenvalue weighted by molar-refractivity contribution is 7.80. The van der Waals surface area contributed by atoms with Gasteiger partial charge in [-0.1, -0.05) is 25.1 Å². The quantitative estimate of drug-likeness (QED) is 0.630. The molecule has 1 atom stereocenters. The fourth-order valence-corrected chi connectivity index (χ4v) is 3.97. The Bertz CT molecular complexity index is 963. The summed E-state index contributed by atoms with van der Waals surface area (Å²) in [5.74, 6) is 1.63. The van der Waals surface area contributed by atoms with E-state index in [1.54, 1.807) is 6.92 Å². The summed E-state index contributed by atoms with van der Waals surface area (Å²) in [6.45, 7) is 10.6. The maximum atomic E-state index is 12.4. The number of ether oxygens (including phenoxy) is 1. The Kier molecular flexibility index (Phi) is 6.38. The van der Waals surface area contributed by atoms with Crippen molar-refractivity contribution in [1.29, 1.82) is 0 Å². The standard InChI is InChI=1S/C24H28N2O2S/c1-6-13-26-17(4)22(18(5)27)23(25-24(26)29)19-8-11-20(12-9-19)28-21-10-7-15(2)16(3)14-21/h7-12,14,23H,6,13H2,1-5H3,(H,25,29). The van der Waals surface area contributed by atoms with E-state index in [1.807, 2.05) is 48.2 Å². The van der Waals surface area contributed by atoms with Crippen LogP contribution in [0.4, 0.5) is 0 Å². The Morgan fingerprint density at radius 2 is 1.72 bits per heavy atom. The molecule has 29 heavy (non-hydrogen) atoms. The molecule has 0 spiro atoms. The average Bonchev–Trinajstić information content (AvgIpc) is 2.68. The number of allylic oxidation sites excluding steroid dienone is 1. The van der Waals surface area contributed by atoms with Crippen LogP contribution in [0.15, 0.2) is 53.7 Å². The minimum atomic E-state index is -0.247. The molecular weight excluding hydrogens is 380 g/mol. The highest BCUT2D eigenvalue weighted by atomic mass is 32.1. The van der Waals surface area contributed by atoms with Crippen LogP contribution >= 0.6 is 12.2 Å². The lowest BCUT2D eigenvalue weighted by atomic mass is 9.92. The lowest BCUT2D eigenvalue weighted by Gasteiger charge is -2.37. The van der Waals surface area contributed by atoms with Crippen molar-refractivity contribution in [2.75, 3.05) is 6.54 Å². The molecule has 2 aromatic carbocycles. The van der Waals surface area contributed by atoms with E-state index >= 15 is 0 Å². The molecule has 0 aliphatic carbocycles. The van der Waals surface area contributed by atoms with Crippen molar-refractivity contribution in [3.63, 3.8) is 0 Å². The fraction of sp³-hybridized carbons (Fsp3) is 0.333. The molecule has 1 N–H and O–H groups in total. The number of nitrogens with one attached hydrogen (secondary N) is 1. The van der Waals surface area contributed by atoms with Crippen molar-refractivity contribution in [3.8, 4) is 11.5 Å². The number of aryl methyl sites for hydroxylation is 2. The summed E-state index contributed by atoms with van der Waals surface area (Å²) >= 11 is 5.57. The lowest BCUT2D eigenvalue weighted by molar-refractivity contribution is -0.114. The second-order valence-corrected chi connectivity index (χ2v) is 7.89. The predicted octanol–water partition coefficient (Wildman–Crippen LogP) is 5.60. The van der Waals surface area contributed by atoms with Crippen LogP contribution in [0.3, 0.4) is 0 Å². The van der Waals surface area contributed by atoms with Gasteiger partial charge >= 0.3 is 0 Å². The number of carbonyl (C=O) groups excluding carboxylic acids is 1. The molecule has 5 heteroatoms. The molecule has 2 aromatic rings. The highest BCUT2D eigenvalue weighted by Crippen LogP contribution is 2.33. The van der Waals surface area contributed by atoms with Gasteiger partial charge in [0.2, 0.25) is 0 Å². The Labute approximate surface area is 178 Å². The number of rotatable bonds is 6. The number of Topliss-reactive ketones (excluding diaryl/α,β-unsaturated/α-hetero) is 1. The first kappa shape index (κ1) is 21.1. The number of hydrogen-bond donors (Lipinski definition) is 1. The Morgan fingerprint density at radius 1 is 1.07 bits per heavy atom. The molecule has 0 aromatic heterocycles. The third-order valence-corrected chi connectivity index (χ3v) is 5.69. The third kappa shape index (κ3) is 4.51. The van der Waals surface area contributed by atoms with Crippen LogP contribution in [0, 0.1) is 13.8 Å². The first-order chi connectivity index (χ1) is 13.8. The van der Waals surface area contributed by atoms with E-state index in [9.17, 15) is 4.79 Å². The summed E-state index contributed by atoms with van der Waals surface area (Å²) in [7, 11) is 0. The molecule has 0 fully saturated rings. The molecule has 0 saturated carbocycles. The Morgan fingerprint density at radius 3 is 2.31 bits per heavy atom. The molecule has 1 aliphatic rings. The van der Waals surface area contributed by atoms with Crippen molar-refractivity contribution >= 4 is 23.1 Å². The molecule has 152 valence electrons. The molecule has 0 saturated heterocycles. The zero-order valence-electron chi connectivity index (χ0n) is 17.7.